The van der Waals surface area contributed by atoms with E-state index in [0.29, 0.717) is 11.1 Å². The first-order valence-corrected chi connectivity index (χ1v) is 12.2. The molecule has 2 aromatic carbocycles. The summed E-state index contributed by atoms with van der Waals surface area (Å²) >= 11 is 0. The Morgan fingerprint density at radius 1 is 1.13 bits per heavy atom. The molecule has 1 saturated carbocycles. The van der Waals surface area contributed by atoms with Crippen molar-refractivity contribution in [3.63, 3.8) is 0 Å². The molecule has 0 bridgehead atoms. The molecule has 2 aromatic rings. The number of hydrogen-bond donors (Lipinski definition) is 2. The van der Waals surface area contributed by atoms with E-state index in [2.05, 4.69) is 17.2 Å². The lowest BCUT2D eigenvalue weighted by atomic mass is 9.97. The number of anilines is 1. The number of fused-ring (bicyclic) bond motifs is 1. The first-order chi connectivity index (χ1) is 17.9. The smallest absolute Gasteiger partial charge is 0.370 e. The number of para-hydroxylation sites is 1. The van der Waals surface area contributed by atoms with E-state index in [1.165, 1.54) is 32.0 Å². The maximum Gasteiger partial charge on any atom is 0.389 e. The Morgan fingerprint density at radius 2 is 1.76 bits per heavy atom. The van der Waals surface area contributed by atoms with Crippen molar-refractivity contribution in [2.24, 2.45) is 22.6 Å². The summed E-state index contributed by atoms with van der Waals surface area (Å²) in [6.45, 7) is 2.28. The van der Waals surface area contributed by atoms with Gasteiger partial charge in [-0.25, -0.2) is 9.38 Å². The third-order valence-electron chi connectivity index (χ3n) is 6.19. The Morgan fingerprint density at radius 3 is 2.32 bits per heavy atom. The van der Waals surface area contributed by atoms with E-state index in [-0.39, 0.29) is 11.4 Å². The molecule has 0 radical (unpaired) electrons. The molecule has 3 amide bonds. The number of primary amides is 1. The van der Waals surface area contributed by atoms with Crippen molar-refractivity contribution >= 4 is 29.1 Å². The van der Waals surface area contributed by atoms with Gasteiger partial charge < -0.3 is 16.0 Å². The number of carbonyl (C=O) groups is 3. The quantitative estimate of drug-likeness (QED) is 0.517. The number of nitrogens with one attached hydrogen (secondary N) is 1. The van der Waals surface area contributed by atoms with Crippen LogP contribution in [0.1, 0.15) is 50.2 Å². The van der Waals surface area contributed by atoms with Crippen LogP contribution in [-0.4, -0.2) is 42.8 Å². The first kappa shape index (κ1) is 28.8. The highest BCUT2D eigenvalue weighted by Crippen LogP contribution is 2.30. The highest BCUT2D eigenvalue weighted by Gasteiger charge is 2.36. The predicted octanol–water partition coefficient (Wildman–Crippen LogP) is 4.33. The van der Waals surface area contributed by atoms with Crippen molar-refractivity contribution in [2.75, 3.05) is 11.9 Å². The number of nitrogens with two attached hydrogens (primary N) is 1. The van der Waals surface area contributed by atoms with Crippen LogP contribution in [0.25, 0.3) is 0 Å². The molecule has 204 valence electrons. The van der Waals surface area contributed by atoms with Crippen LogP contribution < -0.4 is 16.0 Å². The number of aliphatic imine (C=N–C) groups is 1. The van der Waals surface area contributed by atoms with Crippen molar-refractivity contribution in [2.45, 2.75) is 51.4 Å². The molecular weight excluding hydrogens is 504 g/mol. The van der Waals surface area contributed by atoms with Gasteiger partial charge in [0, 0.05) is 36.9 Å². The fraction of sp³-hybridized carbons (Fsp3) is 0.407. The van der Waals surface area contributed by atoms with Gasteiger partial charge in [-0.3, -0.25) is 14.4 Å². The van der Waals surface area contributed by atoms with Crippen LogP contribution in [0, 0.1) is 17.7 Å². The van der Waals surface area contributed by atoms with Crippen molar-refractivity contribution < 1.29 is 31.9 Å². The lowest BCUT2D eigenvalue weighted by Gasteiger charge is -2.23. The zero-order valence-corrected chi connectivity index (χ0v) is 21.1. The summed E-state index contributed by atoms with van der Waals surface area (Å²) in [5.41, 5.74) is 6.08. The number of halogens is 4. The monoisotopic (exact) mass is 534 g/mol. The molecule has 1 aliphatic heterocycles. The van der Waals surface area contributed by atoms with Crippen molar-refractivity contribution in [1.29, 1.82) is 0 Å². The summed E-state index contributed by atoms with van der Waals surface area (Å²) in [6, 6.07) is 12.7. The fourth-order valence-corrected chi connectivity index (χ4v) is 3.84. The maximum atomic E-state index is 14.7. The fourth-order valence-electron chi connectivity index (χ4n) is 3.84. The number of hydrogen-bond acceptors (Lipinski definition) is 4. The van der Waals surface area contributed by atoms with Crippen LogP contribution in [0.2, 0.25) is 0 Å². The number of alkyl halides is 3. The third-order valence-corrected chi connectivity index (χ3v) is 6.19. The van der Waals surface area contributed by atoms with Gasteiger partial charge in [0.1, 0.15) is 5.82 Å². The van der Waals surface area contributed by atoms with E-state index < -0.39 is 61.1 Å². The second kappa shape index (κ2) is 12.2. The summed E-state index contributed by atoms with van der Waals surface area (Å²) < 4.78 is 52.9. The van der Waals surface area contributed by atoms with E-state index in [0.717, 1.165) is 10.8 Å². The predicted molar refractivity (Wildman–Crippen MR) is 135 cm³/mol. The molecule has 1 heterocycles. The maximum absolute atomic E-state index is 14.7. The lowest BCUT2D eigenvalue weighted by Crippen LogP contribution is -2.48. The molecule has 0 saturated heterocycles. The molecule has 1 aliphatic carbocycles. The zero-order valence-electron chi connectivity index (χ0n) is 21.1. The molecule has 0 spiro atoms. The van der Waals surface area contributed by atoms with Gasteiger partial charge in [0.25, 0.3) is 5.91 Å². The Kier molecular flexibility index (Phi) is 9.24. The molecule has 11 heteroatoms. The molecule has 2 unspecified atom stereocenters. The standard InChI is InChI=1S/C23H22F4N4O3.C4H8/c1-31-19-15(8-5-9-16(19)24)18(13-6-3-2-4-7-13)29-20(22(31)34)30-21(33)14(12-17(28)32)10-11-23(25,26)27;1-4-2-3-4/h2-9,14,20H,10-12H2,1H3,(H2,28,32)(H,30,33);4H,2-3H2,1H3. The lowest BCUT2D eigenvalue weighted by molar-refractivity contribution is -0.143. The molecule has 4 rings (SSSR count). The summed E-state index contributed by atoms with van der Waals surface area (Å²) in [6.07, 6.45) is -5.79. The number of rotatable bonds is 7. The van der Waals surface area contributed by atoms with Crippen molar-refractivity contribution in [3.05, 3.63) is 65.5 Å². The summed E-state index contributed by atoms with van der Waals surface area (Å²) in [7, 11) is 1.30. The first-order valence-electron chi connectivity index (χ1n) is 12.2. The summed E-state index contributed by atoms with van der Waals surface area (Å²) in [4.78, 5) is 42.6. The molecule has 38 heavy (non-hydrogen) atoms. The zero-order chi connectivity index (χ0) is 28.0. The highest BCUT2D eigenvalue weighted by molar-refractivity contribution is 6.20. The van der Waals surface area contributed by atoms with Crippen LogP contribution >= 0.6 is 0 Å². The second-order valence-electron chi connectivity index (χ2n) is 9.49. The summed E-state index contributed by atoms with van der Waals surface area (Å²) in [5.74, 6) is -3.79. The van der Waals surface area contributed by atoms with Crippen LogP contribution in [0.5, 0.6) is 0 Å². The van der Waals surface area contributed by atoms with Gasteiger partial charge >= 0.3 is 6.18 Å². The van der Waals surface area contributed by atoms with E-state index >= 15 is 0 Å². The van der Waals surface area contributed by atoms with Crippen LogP contribution in [0.3, 0.4) is 0 Å². The topological polar surface area (TPSA) is 105 Å². The van der Waals surface area contributed by atoms with Crippen molar-refractivity contribution in [1.82, 2.24) is 5.32 Å². The van der Waals surface area contributed by atoms with Gasteiger partial charge in [-0.1, -0.05) is 62.2 Å². The Hall–Kier alpha value is -3.76. The molecule has 7 nitrogen and oxygen atoms in total. The third kappa shape index (κ3) is 7.87. The highest BCUT2D eigenvalue weighted by atomic mass is 19.4. The normalized spacial score (nSPS) is 17.8. The number of amides is 3. The number of benzodiazepines with no additional fused rings is 1. The SMILES string of the molecule is CC1CC1.CN1C(=O)C(NC(=O)C(CCC(F)(F)F)CC(N)=O)N=C(c2ccccc2)c2cccc(F)c21. The van der Waals surface area contributed by atoms with E-state index in [1.54, 1.807) is 36.4 Å². The molecule has 0 aromatic heterocycles. The molecule has 2 aliphatic rings. The van der Waals surface area contributed by atoms with E-state index in [4.69, 9.17) is 5.73 Å². The van der Waals surface area contributed by atoms with Gasteiger partial charge in [-0.05, 0) is 18.4 Å². The van der Waals surface area contributed by atoms with Crippen LogP contribution in [0.15, 0.2) is 53.5 Å². The Bertz CT molecular complexity index is 1200. The number of likely N-dealkylation sites (N-methyl/N-ethyl adjacent to an activating group) is 1. The van der Waals surface area contributed by atoms with Gasteiger partial charge in [0.05, 0.1) is 11.4 Å². The minimum atomic E-state index is -4.55. The average Bonchev–Trinajstić information content (AvgIpc) is 3.66. The van der Waals surface area contributed by atoms with Gasteiger partial charge in [-0.15, -0.1) is 0 Å². The average molecular weight is 535 g/mol. The van der Waals surface area contributed by atoms with E-state index in [9.17, 15) is 31.9 Å². The van der Waals surface area contributed by atoms with Crippen LogP contribution in [0.4, 0.5) is 23.2 Å². The van der Waals surface area contributed by atoms with Gasteiger partial charge in [0.2, 0.25) is 18.0 Å². The molecule has 1 fully saturated rings. The Balaban J connectivity index is 0.000000912. The Labute approximate surface area is 218 Å². The van der Waals surface area contributed by atoms with Crippen LogP contribution in [-0.2, 0) is 14.4 Å². The number of carbonyl (C=O) groups excluding carboxylic acids is 3. The molecular formula is C27H30F4N4O3. The van der Waals surface area contributed by atoms with Gasteiger partial charge in [0.15, 0.2) is 0 Å². The van der Waals surface area contributed by atoms with E-state index in [1.807, 2.05) is 0 Å². The number of nitrogens with zero attached hydrogens (tertiary/aromatic N) is 2. The molecule has 2 atom stereocenters. The largest absolute Gasteiger partial charge is 0.389 e. The second-order valence-corrected chi connectivity index (χ2v) is 9.49. The van der Waals surface area contributed by atoms with Crippen molar-refractivity contribution in [3.8, 4) is 0 Å². The molecule has 3 N–H and O–H groups in total. The van der Waals surface area contributed by atoms with Gasteiger partial charge in [-0.2, -0.15) is 13.2 Å². The number of benzene rings is 2. The summed E-state index contributed by atoms with van der Waals surface area (Å²) in [5, 5.41) is 2.32. The minimum Gasteiger partial charge on any atom is -0.370 e. The minimum absolute atomic E-state index is 0.0578.